The monoisotopic (exact) mass is 888 g/mol. The van der Waals surface area contributed by atoms with E-state index in [1.165, 1.54) is 0 Å². The van der Waals surface area contributed by atoms with Crippen molar-refractivity contribution in [2.45, 2.75) is 103 Å². The van der Waals surface area contributed by atoms with Crippen LogP contribution in [0.3, 0.4) is 0 Å². The topological polar surface area (TPSA) is 183 Å². The van der Waals surface area contributed by atoms with E-state index >= 15 is 0 Å². The predicted octanol–water partition coefficient (Wildman–Crippen LogP) is 7.93. The SMILES string of the molecule is COc1cccc(NC2CC3(CCN(C(=O)OC(C)(C)C)C3)C2)c1N.COc1cccc2c1nc(N)n2C1CC2(CCN(C(=O)OC(C)(C)C)C2)C1.N#CBr.[Zn]. The van der Waals surface area contributed by atoms with E-state index in [0.29, 0.717) is 29.5 Å². The number of para-hydroxylation sites is 2. The predicted molar refractivity (Wildman–Crippen MR) is 217 cm³/mol. The van der Waals surface area contributed by atoms with Crippen molar-refractivity contribution in [1.82, 2.24) is 19.4 Å². The van der Waals surface area contributed by atoms with Crippen LogP contribution >= 0.6 is 15.9 Å². The standard InChI is InChI=1S/C20H28N4O3.C19H29N3O3.CBrN.Zn/c1-19(2,3)27-18(25)23-9-8-20(12-23)10-13(11-20)24-14-6-5-7-15(26-4)16(14)22-17(24)21;1-18(2,3)25-17(23)22-9-8-19(12-22)10-13(11-19)21-14-6-5-7-15(24-4)16(14)20;2-1-3;/h5-7,13H,8-12H2,1-4H3,(H2,21,22);5-7,13,21H,8-12,20H2,1-4H3;;. The van der Waals surface area contributed by atoms with E-state index in [0.717, 1.165) is 87.2 Å². The molecule has 16 heteroatoms. The third-order valence-corrected chi connectivity index (χ3v) is 10.8. The van der Waals surface area contributed by atoms with Crippen LogP contribution in [0.5, 0.6) is 11.5 Å². The molecule has 1 aromatic heterocycles. The van der Waals surface area contributed by atoms with Crippen LogP contribution in [0.15, 0.2) is 36.4 Å². The van der Waals surface area contributed by atoms with Crippen molar-refractivity contribution in [2.75, 3.05) is 57.2 Å². The summed E-state index contributed by atoms with van der Waals surface area (Å²) in [5, 5.41) is 10.8. The van der Waals surface area contributed by atoms with Crippen LogP contribution in [0.2, 0.25) is 0 Å². The summed E-state index contributed by atoms with van der Waals surface area (Å²) in [6.45, 7) is 14.5. The van der Waals surface area contributed by atoms with Crippen LogP contribution in [0, 0.1) is 21.1 Å². The van der Waals surface area contributed by atoms with Gasteiger partial charge < -0.3 is 50.1 Å². The Morgan fingerprint density at radius 3 is 1.84 bits per heavy atom. The van der Waals surface area contributed by atoms with Gasteiger partial charge in [-0.05, 0) is 115 Å². The number of nitrogens with zero attached hydrogens (tertiary/aromatic N) is 5. The second kappa shape index (κ2) is 17.7. The van der Waals surface area contributed by atoms with Gasteiger partial charge in [0.15, 0.2) is 0 Å². The van der Waals surface area contributed by atoms with E-state index in [1.807, 2.05) is 87.7 Å². The minimum absolute atomic E-state index is 0. The van der Waals surface area contributed by atoms with Gasteiger partial charge in [-0.2, -0.15) is 5.26 Å². The van der Waals surface area contributed by atoms with Crippen LogP contribution in [-0.4, -0.2) is 89.2 Å². The van der Waals surface area contributed by atoms with Gasteiger partial charge in [0.05, 0.1) is 31.1 Å². The van der Waals surface area contributed by atoms with Crippen molar-refractivity contribution in [2.24, 2.45) is 10.8 Å². The van der Waals surface area contributed by atoms with Crippen LogP contribution in [-0.2, 0) is 29.0 Å². The van der Waals surface area contributed by atoms with Crippen molar-refractivity contribution in [1.29, 1.82) is 5.26 Å². The number of carbonyl (C=O) groups is 2. The Kier molecular flexibility index (Phi) is 14.1. The summed E-state index contributed by atoms with van der Waals surface area (Å²) < 4.78 is 23.8. The molecule has 0 bridgehead atoms. The summed E-state index contributed by atoms with van der Waals surface area (Å²) in [5.41, 5.74) is 15.2. The number of nitriles is 1. The number of anilines is 3. The first-order chi connectivity index (χ1) is 25.8. The van der Waals surface area contributed by atoms with Gasteiger partial charge in [0.2, 0.25) is 5.95 Å². The Balaban J connectivity index is 0.000000229. The summed E-state index contributed by atoms with van der Waals surface area (Å²) in [6, 6.07) is 12.4. The maximum atomic E-state index is 12.4. The fraction of sp³-hybridized carbons (Fsp3) is 0.600. The van der Waals surface area contributed by atoms with E-state index in [-0.39, 0.29) is 42.5 Å². The number of carbonyl (C=O) groups excluding carboxylic acids is 2. The van der Waals surface area contributed by atoms with Crippen molar-refractivity contribution < 1.29 is 48.0 Å². The zero-order chi connectivity index (χ0) is 40.3. The summed E-state index contributed by atoms with van der Waals surface area (Å²) in [7, 11) is 3.27. The molecule has 2 aromatic carbocycles. The first-order valence-corrected chi connectivity index (χ1v) is 19.6. The number of nitrogen functional groups attached to an aromatic ring is 2. The third-order valence-electron chi connectivity index (χ3n) is 10.8. The largest absolute Gasteiger partial charge is 0.495 e. The number of imidazole rings is 1. The van der Waals surface area contributed by atoms with Gasteiger partial charge in [-0.15, -0.1) is 0 Å². The molecule has 2 aliphatic carbocycles. The second-order valence-corrected chi connectivity index (χ2v) is 17.6. The number of ether oxygens (including phenoxy) is 4. The molecule has 7 rings (SSSR count). The number of halogens is 1. The average Bonchev–Trinajstić information content (AvgIpc) is 3.80. The molecular weight excluding hydrogens is 834 g/mol. The number of likely N-dealkylation sites (tertiary alicyclic amines) is 2. The molecule has 56 heavy (non-hydrogen) atoms. The number of hydrogen-bond donors (Lipinski definition) is 3. The molecule has 14 nitrogen and oxygen atoms in total. The number of fused-ring (bicyclic) bond motifs is 1. The van der Waals surface area contributed by atoms with Gasteiger partial charge in [0, 0.05) is 73.7 Å². The molecule has 302 valence electrons. The van der Waals surface area contributed by atoms with Crippen LogP contribution in [0.1, 0.15) is 86.1 Å². The molecule has 0 atom stereocenters. The first kappa shape index (κ1) is 44.8. The van der Waals surface area contributed by atoms with Gasteiger partial charge in [-0.25, -0.2) is 14.6 Å². The van der Waals surface area contributed by atoms with Crippen molar-refractivity contribution in [3.05, 3.63) is 36.4 Å². The van der Waals surface area contributed by atoms with E-state index in [2.05, 4.69) is 30.8 Å². The summed E-state index contributed by atoms with van der Waals surface area (Å²) in [5.74, 6) is 1.95. The number of benzene rings is 2. The third kappa shape index (κ3) is 10.3. The number of rotatable bonds is 5. The Hall–Kier alpha value is -3.96. The van der Waals surface area contributed by atoms with Gasteiger partial charge in [-0.3, -0.25) is 0 Å². The zero-order valence-corrected chi connectivity index (χ0v) is 38.7. The van der Waals surface area contributed by atoms with Crippen molar-refractivity contribution >= 4 is 56.5 Å². The Labute approximate surface area is 351 Å². The number of aromatic nitrogens is 2. The number of nitrogens with two attached hydrogens (primary N) is 2. The molecule has 3 aromatic rings. The molecule has 3 heterocycles. The Morgan fingerprint density at radius 2 is 1.34 bits per heavy atom. The molecule has 2 amide bonds. The zero-order valence-electron chi connectivity index (χ0n) is 34.1. The fourth-order valence-electron chi connectivity index (χ4n) is 8.44. The number of methoxy groups -OCH3 is 2. The molecule has 2 saturated heterocycles. The van der Waals surface area contributed by atoms with Crippen LogP contribution in [0.25, 0.3) is 11.0 Å². The molecular formula is C40H57BrN8O6Zn. The van der Waals surface area contributed by atoms with E-state index in [4.69, 9.17) is 35.7 Å². The quantitative estimate of drug-likeness (QED) is 0.167. The molecule has 2 spiro atoms. The Morgan fingerprint density at radius 1 is 0.857 bits per heavy atom. The maximum absolute atomic E-state index is 12.4. The van der Waals surface area contributed by atoms with Crippen LogP contribution in [0.4, 0.5) is 26.9 Å². The molecule has 0 unspecified atom stereocenters. The van der Waals surface area contributed by atoms with Gasteiger partial charge in [0.25, 0.3) is 0 Å². The van der Waals surface area contributed by atoms with Gasteiger partial charge in [-0.1, -0.05) is 12.1 Å². The number of hydrogen-bond acceptors (Lipinski definition) is 11. The molecule has 2 saturated carbocycles. The van der Waals surface area contributed by atoms with Gasteiger partial charge >= 0.3 is 12.2 Å². The molecule has 2 aliphatic heterocycles. The minimum Gasteiger partial charge on any atom is -0.495 e. The molecule has 0 radical (unpaired) electrons. The van der Waals surface area contributed by atoms with Crippen molar-refractivity contribution in [3.63, 3.8) is 0 Å². The second-order valence-electron chi connectivity index (χ2n) is 17.3. The van der Waals surface area contributed by atoms with E-state index < -0.39 is 11.2 Å². The number of amides is 2. The average molecular weight is 891 g/mol. The fourth-order valence-corrected chi connectivity index (χ4v) is 8.44. The smallest absolute Gasteiger partial charge is 0.410 e. The maximum Gasteiger partial charge on any atom is 0.410 e. The first-order valence-electron chi connectivity index (χ1n) is 18.8. The van der Waals surface area contributed by atoms with E-state index in [9.17, 15) is 9.59 Å². The van der Waals surface area contributed by atoms with Crippen molar-refractivity contribution in [3.8, 4) is 16.5 Å². The summed E-state index contributed by atoms with van der Waals surface area (Å²) in [6.07, 6.45) is 5.74. The Bertz CT molecular complexity index is 1890. The molecule has 4 fully saturated rings. The van der Waals surface area contributed by atoms with E-state index in [1.54, 1.807) is 19.2 Å². The summed E-state index contributed by atoms with van der Waals surface area (Å²) in [4.78, 5) is 34.4. The van der Waals surface area contributed by atoms with Gasteiger partial charge in [0.1, 0.15) is 33.2 Å². The molecule has 5 N–H and O–H groups in total. The minimum atomic E-state index is -0.460. The summed E-state index contributed by atoms with van der Waals surface area (Å²) >= 11 is 2.45. The normalized spacial score (nSPS) is 23.6. The van der Waals surface area contributed by atoms with Crippen LogP contribution < -0.4 is 26.3 Å². The molecule has 4 aliphatic rings. The number of nitrogens with one attached hydrogen (secondary N) is 1.